The van der Waals surface area contributed by atoms with Gasteiger partial charge in [0, 0.05) is 20.1 Å². The molecule has 0 bridgehead atoms. The molecule has 0 aliphatic heterocycles. The van der Waals surface area contributed by atoms with Crippen molar-refractivity contribution in [3.8, 4) is 0 Å². The van der Waals surface area contributed by atoms with Crippen LogP contribution < -0.4 is 5.32 Å². The fourth-order valence-corrected chi connectivity index (χ4v) is 2.88. The lowest BCUT2D eigenvalue weighted by Gasteiger charge is -2.13. The number of carbonyl (C=O) groups excluding carboxylic acids is 1. The zero-order valence-electron chi connectivity index (χ0n) is 11.9. The molecule has 1 unspecified atom stereocenters. The number of sulfone groups is 1. The van der Waals surface area contributed by atoms with Gasteiger partial charge in [-0.25, -0.2) is 8.42 Å². The predicted molar refractivity (Wildman–Crippen MR) is 74.3 cm³/mol. The second-order valence-electron chi connectivity index (χ2n) is 4.88. The zero-order valence-corrected chi connectivity index (χ0v) is 12.7. The normalized spacial score (nSPS) is 13.3. The minimum Gasteiger partial charge on any atom is -0.348 e. The number of hydrogen-bond donors (Lipinski definition) is 1. The highest BCUT2D eigenvalue weighted by molar-refractivity contribution is 7.92. The molecule has 0 aromatic rings. The van der Waals surface area contributed by atoms with Crippen LogP contribution in [-0.4, -0.2) is 57.4 Å². The number of hydrogen-bond acceptors (Lipinski definition) is 4. The summed E-state index contributed by atoms with van der Waals surface area (Å²) in [5.41, 5.74) is 0. The molecule has 0 spiro atoms. The van der Waals surface area contributed by atoms with E-state index in [1.807, 2.05) is 6.92 Å². The van der Waals surface area contributed by atoms with Crippen LogP contribution in [0.4, 0.5) is 0 Å². The summed E-state index contributed by atoms with van der Waals surface area (Å²) in [7, 11) is -0.133. The first-order chi connectivity index (χ1) is 8.28. The monoisotopic (exact) mass is 278 g/mol. The Labute approximate surface area is 111 Å². The molecule has 0 aromatic heterocycles. The third-order valence-corrected chi connectivity index (χ3v) is 4.27. The number of rotatable bonds is 9. The summed E-state index contributed by atoms with van der Waals surface area (Å²) >= 11 is 0. The van der Waals surface area contributed by atoms with Crippen LogP contribution in [0.3, 0.4) is 0 Å². The van der Waals surface area contributed by atoms with Crippen molar-refractivity contribution >= 4 is 15.7 Å². The fourth-order valence-electron chi connectivity index (χ4n) is 1.49. The highest BCUT2D eigenvalue weighted by Gasteiger charge is 2.17. The van der Waals surface area contributed by atoms with E-state index in [9.17, 15) is 13.2 Å². The summed E-state index contributed by atoms with van der Waals surface area (Å²) in [5, 5.41) is 3.31. The van der Waals surface area contributed by atoms with Crippen LogP contribution in [0.5, 0.6) is 0 Å². The van der Waals surface area contributed by atoms with Crippen LogP contribution in [0.1, 0.15) is 33.1 Å². The Hall–Kier alpha value is -0.620. The lowest BCUT2D eigenvalue weighted by molar-refractivity contribution is -0.125. The number of nitrogens with zero attached hydrogens (tertiary/aromatic N) is 1. The van der Waals surface area contributed by atoms with E-state index in [-0.39, 0.29) is 17.4 Å². The van der Waals surface area contributed by atoms with Gasteiger partial charge in [0.05, 0.1) is 5.75 Å². The van der Waals surface area contributed by atoms with E-state index < -0.39 is 9.84 Å². The van der Waals surface area contributed by atoms with Gasteiger partial charge in [-0.15, -0.1) is 0 Å². The van der Waals surface area contributed by atoms with E-state index in [0.717, 1.165) is 19.4 Å². The average Bonchev–Trinajstić information content (AvgIpc) is 2.25. The Morgan fingerprint density at radius 1 is 1.33 bits per heavy atom. The molecule has 6 heteroatoms. The number of nitrogens with one attached hydrogen (secondary N) is 1. The van der Waals surface area contributed by atoms with Crippen molar-refractivity contribution in [2.24, 2.45) is 0 Å². The Kier molecular flexibility index (Phi) is 8.18. The molecule has 0 aliphatic carbocycles. The third-order valence-electron chi connectivity index (χ3n) is 2.68. The molecule has 0 fully saturated rings. The minimum atomic E-state index is -3.26. The first-order valence-electron chi connectivity index (χ1n) is 6.42. The standard InChI is InChI=1S/C12H26N2O3S/c1-5-8-13-11(2)7-6-9-18(16,17)10-12(15)14(3)4/h11,13H,5-10H2,1-4H3. The van der Waals surface area contributed by atoms with Gasteiger partial charge in [0.1, 0.15) is 5.75 Å². The quantitative estimate of drug-likeness (QED) is 0.673. The van der Waals surface area contributed by atoms with Gasteiger partial charge in [-0.2, -0.15) is 0 Å². The fraction of sp³-hybridized carbons (Fsp3) is 0.917. The largest absolute Gasteiger partial charge is 0.348 e. The average molecular weight is 278 g/mol. The molecule has 0 saturated carbocycles. The van der Waals surface area contributed by atoms with Gasteiger partial charge < -0.3 is 10.2 Å². The van der Waals surface area contributed by atoms with Gasteiger partial charge in [0.2, 0.25) is 5.91 Å². The molecule has 0 radical (unpaired) electrons. The lowest BCUT2D eigenvalue weighted by atomic mass is 10.2. The number of amides is 1. The Morgan fingerprint density at radius 3 is 2.44 bits per heavy atom. The molecule has 0 aromatic carbocycles. The Balaban J connectivity index is 3.94. The Bertz CT molecular complexity index is 339. The predicted octanol–water partition coefficient (Wildman–Crippen LogP) is 0.658. The maximum Gasteiger partial charge on any atom is 0.237 e. The second kappa shape index (κ2) is 8.48. The van der Waals surface area contributed by atoms with Crippen molar-refractivity contribution < 1.29 is 13.2 Å². The molecule has 1 amide bonds. The van der Waals surface area contributed by atoms with Gasteiger partial charge in [-0.3, -0.25) is 4.79 Å². The highest BCUT2D eigenvalue weighted by atomic mass is 32.2. The minimum absolute atomic E-state index is 0.0880. The van der Waals surface area contributed by atoms with Crippen LogP contribution in [0.15, 0.2) is 0 Å². The van der Waals surface area contributed by atoms with Crippen LogP contribution in [0.2, 0.25) is 0 Å². The van der Waals surface area contributed by atoms with Crippen LogP contribution in [0, 0.1) is 0 Å². The molecule has 0 heterocycles. The van der Waals surface area contributed by atoms with E-state index in [2.05, 4.69) is 12.2 Å². The van der Waals surface area contributed by atoms with Gasteiger partial charge in [0.15, 0.2) is 9.84 Å². The molecule has 0 saturated heterocycles. The molecule has 0 rings (SSSR count). The van der Waals surface area contributed by atoms with Crippen molar-refractivity contribution in [3.05, 3.63) is 0 Å². The van der Waals surface area contributed by atoms with Crippen molar-refractivity contribution in [2.45, 2.75) is 39.2 Å². The van der Waals surface area contributed by atoms with E-state index in [4.69, 9.17) is 0 Å². The zero-order chi connectivity index (χ0) is 14.2. The van der Waals surface area contributed by atoms with Gasteiger partial charge in [0.25, 0.3) is 0 Å². The molecular formula is C12H26N2O3S. The van der Waals surface area contributed by atoms with Gasteiger partial charge in [-0.1, -0.05) is 6.92 Å². The molecule has 108 valence electrons. The molecule has 1 atom stereocenters. The summed E-state index contributed by atoms with van der Waals surface area (Å²) in [6, 6.07) is 0.324. The van der Waals surface area contributed by atoms with Crippen LogP contribution in [0.25, 0.3) is 0 Å². The number of carbonyl (C=O) groups is 1. The first kappa shape index (κ1) is 17.4. The van der Waals surface area contributed by atoms with E-state index in [1.54, 1.807) is 14.1 Å². The smallest absolute Gasteiger partial charge is 0.237 e. The van der Waals surface area contributed by atoms with Gasteiger partial charge in [-0.05, 0) is 32.7 Å². The maximum absolute atomic E-state index is 11.7. The van der Waals surface area contributed by atoms with Crippen molar-refractivity contribution in [1.82, 2.24) is 10.2 Å². The lowest BCUT2D eigenvalue weighted by Crippen LogP contribution is -2.31. The topological polar surface area (TPSA) is 66.5 Å². The van der Waals surface area contributed by atoms with Gasteiger partial charge >= 0.3 is 0 Å². The molecule has 0 aliphatic rings. The summed E-state index contributed by atoms with van der Waals surface area (Å²) in [4.78, 5) is 12.6. The summed E-state index contributed by atoms with van der Waals surface area (Å²) in [6.07, 6.45) is 2.48. The molecular weight excluding hydrogens is 252 g/mol. The maximum atomic E-state index is 11.7. The Morgan fingerprint density at radius 2 is 1.94 bits per heavy atom. The van der Waals surface area contributed by atoms with Crippen molar-refractivity contribution in [3.63, 3.8) is 0 Å². The van der Waals surface area contributed by atoms with E-state index >= 15 is 0 Å². The summed E-state index contributed by atoms with van der Waals surface area (Å²) in [5.74, 6) is -0.645. The summed E-state index contributed by atoms with van der Waals surface area (Å²) < 4.78 is 23.3. The SMILES string of the molecule is CCCNC(C)CCCS(=O)(=O)CC(=O)N(C)C. The van der Waals surface area contributed by atoms with Crippen molar-refractivity contribution in [2.75, 3.05) is 32.1 Å². The molecule has 18 heavy (non-hydrogen) atoms. The van der Waals surface area contributed by atoms with Crippen molar-refractivity contribution in [1.29, 1.82) is 0 Å². The molecule has 5 nitrogen and oxygen atoms in total. The molecule has 1 N–H and O–H groups in total. The third kappa shape index (κ3) is 8.47. The van der Waals surface area contributed by atoms with Crippen LogP contribution >= 0.6 is 0 Å². The van der Waals surface area contributed by atoms with Crippen LogP contribution in [-0.2, 0) is 14.6 Å². The first-order valence-corrected chi connectivity index (χ1v) is 8.24. The second-order valence-corrected chi connectivity index (χ2v) is 7.06. The van der Waals surface area contributed by atoms with E-state index in [0.29, 0.717) is 12.5 Å². The summed E-state index contributed by atoms with van der Waals surface area (Å²) in [6.45, 7) is 5.09. The highest BCUT2D eigenvalue weighted by Crippen LogP contribution is 2.02. The van der Waals surface area contributed by atoms with E-state index in [1.165, 1.54) is 4.90 Å².